The van der Waals surface area contributed by atoms with Crippen LogP contribution in [-0.4, -0.2) is 28.9 Å². The zero-order valence-corrected chi connectivity index (χ0v) is 14.2. The third kappa shape index (κ3) is 4.13. The summed E-state index contributed by atoms with van der Waals surface area (Å²) in [6.07, 6.45) is 4.94. The lowest BCUT2D eigenvalue weighted by molar-refractivity contribution is 0.787. The van der Waals surface area contributed by atoms with Gasteiger partial charge in [0.25, 0.3) is 0 Å². The number of nitrogens with zero attached hydrogens (tertiary/aromatic N) is 3. The van der Waals surface area contributed by atoms with Crippen LogP contribution in [0.1, 0.15) is 16.8 Å². The second kappa shape index (κ2) is 7.64. The van der Waals surface area contributed by atoms with Gasteiger partial charge in [0.1, 0.15) is 5.65 Å². The van der Waals surface area contributed by atoms with E-state index in [4.69, 9.17) is 0 Å². The summed E-state index contributed by atoms with van der Waals surface area (Å²) in [7, 11) is 1.79. The Morgan fingerprint density at radius 2 is 1.96 bits per heavy atom. The van der Waals surface area contributed by atoms with E-state index in [9.17, 15) is 0 Å². The topological polar surface area (TPSA) is 53.7 Å². The number of benzene rings is 1. The molecule has 2 aromatic heterocycles. The molecule has 2 N–H and O–H groups in total. The van der Waals surface area contributed by atoms with Crippen LogP contribution in [0.2, 0.25) is 0 Å². The van der Waals surface area contributed by atoms with E-state index < -0.39 is 0 Å². The minimum absolute atomic E-state index is 0.758. The first-order valence-corrected chi connectivity index (χ1v) is 8.17. The van der Waals surface area contributed by atoms with Gasteiger partial charge in [0, 0.05) is 39.0 Å². The molecule has 0 saturated carbocycles. The van der Waals surface area contributed by atoms with E-state index in [1.54, 1.807) is 7.05 Å². The summed E-state index contributed by atoms with van der Waals surface area (Å²) in [6, 6.07) is 14.5. The van der Waals surface area contributed by atoms with Crippen molar-refractivity contribution >= 4 is 11.6 Å². The van der Waals surface area contributed by atoms with Crippen molar-refractivity contribution in [2.24, 2.45) is 4.99 Å². The van der Waals surface area contributed by atoms with Gasteiger partial charge in [-0.25, -0.2) is 4.98 Å². The molecule has 24 heavy (non-hydrogen) atoms. The van der Waals surface area contributed by atoms with Crippen LogP contribution in [-0.2, 0) is 13.0 Å². The van der Waals surface area contributed by atoms with E-state index in [-0.39, 0.29) is 0 Å². The Morgan fingerprint density at radius 3 is 2.71 bits per heavy atom. The lowest BCUT2D eigenvalue weighted by atomic mass is 10.1. The van der Waals surface area contributed by atoms with Crippen molar-refractivity contribution in [3.63, 3.8) is 0 Å². The maximum Gasteiger partial charge on any atom is 0.191 e. The number of fused-ring (bicyclic) bond motifs is 1. The average Bonchev–Trinajstić information content (AvgIpc) is 3.02. The number of guanidine groups is 1. The molecule has 0 radical (unpaired) electrons. The summed E-state index contributed by atoms with van der Waals surface area (Å²) >= 11 is 0. The molecule has 5 nitrogen and oxygen atoms in total. The SMILES string of the molecule is CN=C(NCCc1cn2ccccc2n1)NCc1ccc(C)cc1. The van der Waals surface area contributed by atoms with E-state index in [0.29, 0.717) is 0 Å². The van der Waals surface area contributed by atoms with Crippen molar-refractivity contribution in [1.29, 1.82) is 0 Å². The Bertz CT molecular complexity index is 784. The number of aliphatic imine (C=N–C) groups is 1. The van der Waals surface area contributed by atoms with Gasteiger partial charge in [-0.3, -0.25) is 4.99 Å². The molecule has 0 aliphatic rings. The standard InChI is InChI=1S/C19H23N5/c1-15-6-8-16(9-7-15)13-22-19(20-2)21-11-10-17-14-24-12-4-3-5-18(24)23-17/h3-9,12,14H,10-11,13H2,1-2H3,(H2,20,21,22). The quantitative estimate of drug-likeness (QED) is 0.561. The second-order valence-corrected chi connectivity index (χ2v) is 5.79. The maximum absolute atomic E-state index is 4.60. The first-order chi connectivity index (χ1) is 11.7. The second-order valence-electron chi connectivity index (χ2n) is 5.79. The number of aryl methyl sites for hydroxylation is 1. The molecule has 0 atom stereocenters. The highest BCUT2D eigenvalue weighted by molar-refractivity contribution is 5.79. The summed E-state index contributed by atoms with van der Waals surface area (Å²) in [5, 5.41) is 6.66. The van der Waals surface area contributed by atoms with Crippen LogP contribution < -0.4 is 10.6 Å². The molecular weight excluding hydrogens is 298 g/mol. The largest absolute Gasteiger partial charge is 0.356 e. The van der Waals surface area contributed by atoms with Crippen LogP contribution in [0.3, 0.4) is 0 Å². The van der Waals surface area contributed by atoms with Gasteiger partial charge < -0.3 is 15.0 Å². The monoisotopic (exact) mass is 321 g/mol. The predicted molar refractivity (Wildman–Crippen MR) is 98.3 cm³/mol. The minimum Gasteiger partial charge on any atom is -0.356 e. The molecule has 0 bridgehead atoms. The molecule has 0 aliphatic carbocycles. The molecule has 0 unspecified atom stereocenters. The number of nitrogens with one attached hydrogen (secondary N) is 2. The molecule has 0 aliphatic heterocycles. The smallest absolute Gasteiger partial charge is 0.191 e. The highest BCUT2D eigenvalue weighted by Crippen LogP contribution is 2.05. The fraction of sp³-hybridized carbons (Fsp3) is 0.263. The van der Waals surface area contributed by atoms with Gasteiger partial charge in [-0.1, -0.05) is 35.9 Å². The fourth-order valence-corrected chi connectivity index (χ4v) is 2.53. The number of hydrogen-bond acceptors (Lipinski definition) is 2. The third-order valence-electron chi connectivity index (χ3n) is 3.89. The lowest BCUT2D eigenvalue weighted by Crippen LogP contribution is -2.37. The van der Waals surface area contributed by atoms with Crippen molar-refractivity contribution in [3.8, 4) is 0 Å². The summed E-state index contributed by atoms with van der Waals surface area (Å²) in [6.45, 7) is 3.64. The van der Waals surface area contributed by atoms with Gasteiger partial charge >= 0.3 is 0 Å². The number of pyridine rings is 1. The Balaban J connectivity index is 1.48. The van der Waals surface area contributed by atoms with Crippen LogP contribution in [0.25, 0.3) is 5.65 Å². The summed E-state index contributed by atoms with van der Waals surface area (Å²) in [5.41, 5.74) is 4.56. The number of hydrogen-bond donors (Lipinski definition) is 2. The molecule has 3 rings (SSSR count). The van der Waals surface area contributed by atoms with Crippen molar-refractivity contribution < 1.29 is 0 Å². The van der Waals surface area contributed by atoms with Crippen LogP contribution >= 0.6 is 0 Å². The van der Waals surface area contributed by atoms with Gasteiger partial charge in [0.15, 0.2) is 5.96 Å². The van der Waals surface area contributed by atoms with Crippen molar-refractivity contribution in [2.75, 3.05) is 13.6 Å². The molecule has 0 amide bonds. The van der Waals surface area contributed by atoms with E-state index in [1.165, 1.54) is 11.1 Å². The van der Waals surface area contributed by atoms with E-state index in [0.717, 1.165) is 36.8 Å². The first kappa shape index (κ1) is 16.1. The number of aromatic nitrogens is 2. The van der Waals surface area contributed by atoms with Crippen molar-refractivity contribution in [3.05, 3.63) is 71.7 Å². The predicted octanol–water partition coefficient (Wildman–Crippen LogP) is 2.55. The Kier molecular flexibility index (Phi) is 5.11. The third-order valence-corrected chi connectivity index (χ3v) is 3.89. The highest BCUT2D eigenvalue weighted by Gasteiger charge is 2.02. The van der Waals surface area contributed by atoms with Crippen molar-refractivity contribution in [1.82, 2.24) is 20.0 Å². The van der Waals surface area contributed by atoms with Gasteiger partial charge in [0.05, 0.1) is 5.69 Å². The zero-order valence-electron chi connectivity index (χ0n) is 14.2. The molecule has 0 fully saturated rings. The van der Waals surface area contributed by atoms with Gasteiger partial charge in [-0.05, 0) is 24.6 Å². The van der Waals surface area contributed by atoms with Gasteiger partial charge in [0.2, 0.25) is 0 Å². The lowest BCUT2D eigenvalue weighted by Gasteiger charge is -2.11. The molecular formula is C19H23N5. The summed E-state index contributed by atoms with van der Waals surface area (Å²) < 4.78 is 2.04. The molecule has 0 spiro atoms. The summed E-state index contributed by atoms with van der Waals surface area (Å²) in [4.78, 5) is 8.86. The first-order valence-electron chi connectivity index (χ1n) is 8.17. The molecule has 5 heteroatoms. The normalized spacial score (nSPS) is 11.7. The Morgan fingerprint density at radius 1 is 1.12 bits per heavy atom. The minimum atomic E-state index is 0.758. The molecule has 0 saturated heterocycles. The number of rotatable bonds is 5. The molecule has 2 heterocycles. The van der Waals surface area contributed by atoms with E-state index in [2.05, 4.69) is 58.0 Å². The van der Waals surface area contributed by atoms with Crippen LogP contribution in [0, 0.1) is 6.92 Å². The Labute approximate surface area is 142 Å². The van der Waals surface area contributed by atoms with Crippen LogP contribution in [0.5, 0.6) is 0 Å². The molecule has 3 aromatic rings. The van der Waals surface area contributed by atoms with Gasteiger partial charge in [-0.2, -0.15) is 0 Å². The molecule has 1 aromatic carbocycles. The highest BCUT2D eigenvalue weighted by atomic mass is 15.2. The average molecular weight is 321 g/mol. The Hall–Kier alpha value is -2.82. The van der Waals surface area contributed by atoms with Crippen LogP contribution in [0.4, 0.5) is 0 Å². The maximum atomic E-state index is 4.60. The molecule has 124 valence electrons. The van der Waals surface area contributed by atoms with E-state index >= 15 is 0 Å². The fourth-order valence-electron chi connectivity index (χ4n) is 2.53. The zero-order chi connectivity index (χ0) is 16.8. The van der Waals surface area contributed by atoms with Crippen LogP contribution in [0.15, 0.2) is 59.9 Å². The van der Waals surface area contributed by atoms with Gasteiger partial charge in [-0.15, -0.1) is 0 Å². The van der Waals surface area contributed by atoms with Crippen molar-refractivity contribution in [2.45, 2.75) is 19.9 Å². The number of imidazole rings is 1. The summed E-state index contributed by atoms with van der Waals surface area (Å²) in [5.74, 6) is 0.805. The van der Waals surface area contributed by atoms with E-state index in [1.807, 2.05) is 28.8 Å².